The summed E-state index contributed by atoms with van der Waals surface area (Å²) < 4.78 is 0. The first-order valence-corrected chi connectivity index (χ1v) is 6.89. The summed E-state index contributed by atoms with van der Waals surface area (Å²) in [5, 5.41) is 21.5. The molecule has 0 bridgehead atoms. The number of rotatable bonds is 1. The highest BCUT2D eigenvalue weighted by Crippen LogP contribution is 2.70. The number of carboxylic acid groups (broad SMARTS) is 1. The summed E-state index contributed by atoms with van der Waals surface area (Å²) in [5.74, 6) is -0.549. The molecule has 0 aliphatic heterocycles. The third-order valence-corrected chi connectivity index (χ3v) is 5.79. The Hall–Kier alpha value is -0.830. The molecule has 0 unspecified atom stereocenters. The van der Waals surface area contributed by atoms with Crippen LogP contribution in [0, 0.1) is 28.6 Å². The van der Waals surface area contributed by atoms with Crippen molar-refractivity contribution < 1.29 is 15.0 Å². The van der Waals surface area contributed by atoms with E-state index in [-0.39, 0.29) is 28.8 Å². The van der Waals surface area contributed by atoms with E-state index >= 15 is 0 Å². The summed E-state index contributed by atoms with van der Waals surface area (Å²) in [5.41, 5.74) is 0.673. The predicted octanol–water partition coefficient (Wildman–Crippen LogP) is 1.12. The Bertz CT molecular complexity index is 437. The number of aliphatic hydroxyl groups is 1. The Balaban J connectivity index is 2.08. The van der Waals surface area contributed by atoms with Gasteiger partial charge < -0.3 is 15.0 Å². The quantitative estimate of drug-likeness (QED) is 0.757. The SMILES string of the molecule is C[C@@H]1[C@H](O)C[C@H]2C(C(=O)[O-])=C[C@@H]3CC(C)(C)C[C@]312. The van der Waals surface area contributed by atoms with Crippen molar-refractivity contribution in [1.29, 1.82) is 0 Å². The summed E-state index contributed by atoms with van der Waals surface area (Å²) in [6.45, 7) is 6.59. The van der Waals surface area contributed by atoms with Gasteiger partial charge in [0.2, 0.25) is 0 Å². The van der Waals surface area contributed by atoms with E-state index in [0.717, 1.165) is 12.8 Å². The van der Waals surface area contributed by atoms with Gasteiger partial charge in [0, 0.05) is 0 Å². The van der Waals surface area contributed by atoms with Gasteiger partial charge in [-0.2, -0.15) is 0 Å². The number of hydrogen-bond donors (Lipinski definition) is 1. The summed E-state index contributed by atoms with van der Waals surface area (Å²) in [6, 6.07) is 0. The molecule has 100 valence electrons. The minimum absolute atomic E-state index is 0.000671. The standard InChI is InChI=1S/C15H22O3/c1-8-12(16)5-11-10(13(17)18)4-9-6-14(2,3)7-15(8,9)11/h4,8-9,11-12,16H,5-7H2,1-3H3,(H,17,18)/p-1/t8-,9-,11+,12-,15-/m1/s1. The van der Waals surface area contributed by atoms with Crippen molar-refractivity contribution in [3.05, 3.63) is 11.6 Å². The van der Waals surface area contributed by atoms with E-state index in [1.165, 1.54) is 0 Å². The maximum Gasteiger partial charge on any atom is 0.0674 e. The molecule has 3 rings (SSSR count). The van der Waals surface area contributed by atoms with Gasteiger partial charge in [-0.1, -0.05) is 26.8 Å². The Kier molecular flexibility index (Phi) is 2.30. The average Bonchev–Trinajstić information content (AvgIpc) is 2.74. The monoisotopic (exact) mass is 249 g/mol. The second-order valence-corrected chi connectivity index (χ2v) is 7.32. The fourth-order valence-electron chi connectivity index (χ4n) is 5.21. The van der Waals surface area contributed by atoms with E-state index in [2.05, 4.69) is 20.8 Å². The van der Waals surface area contributed by atoms with Crippen LogP contribution in [0.5, 0.6) is 0 Å². The highest BCUT2D eigenvalue weighted by molar-refractivity contribution is 5.86. The van der Waals surface area contributed by atoms with E-state index in [1.54, 1.807) is 0 Å². The molecule has 5 atom stereocenters. The fraction of sp³-hybridized carbons (Fsp3) is 0.800. The molecule has 3 aliphatic carbocycles. The minimum atomic E-state index is -1.03. The molecule has 0 radical (unpaired) electrons. The lowest BCUT2D eigenvalue weighted by Gasteiger charge is -2.37. The second-order valence-electron chi connectivity index (χ2n) is 7.32. The van der Waals surface area contributed by atoms with Crippen LogP contribution in [0.2, 0.25) is 0 Å². The molecule has 0 aromatic heterocycles. The zero-order valence-corrected chi connectivity index (χ0v) is 11.3. The van der Waals surface area contributed by atoms with Gasteiger partial charge in [-0.3, -0.25) is 0 Å². The number of carbonyl (C=O) groups excluding carboxylic acids is 1. The van der Waals surface area contributed by atoms with Crippen molar-refractivity contribution in [1.82, 2.24) is 0 Å². The lowest BCUT2D eigenvalue weighted by atomic mass is 9.67. The average molecular weight is 249 g/mol. The Morgan fingerprint density at radius 3 is 2.78 bits per heavy atom. The zero-order valence-electron chi connectivity index (χ0n) is 11.3. The van der Waals surface area contributed by atoms with Gasteiger partial charge in [0.05, 0.1) is 12.1 Å². The molecule has 1 spiro atoms. The van der Waals surface area contributed by atoms with Gasteiger partial charge in [-0.15, -0.1) is 0 Å². The van der Waals surface area contributed by atoms with E-state index < -0.39 is 5.97 Å². The molecule has 1 N–H and O–H groups in total. The minimum Gasteiger partial charge on any atom is -0.545 e. The first kappa shape index (κ1) is 12.2. The van der Waals surface area contributed by atoms with Crippen molar-refractivity contribution in [2.24, 2.45) is 28.6 Å². The molecule has 3 nitrogen and oxygen atoms in total. The van der Waals surface area contributed by atoms with Gasteiger partial charge in [0.25, 0.3) is 0 Å². The molecule has 2 saturated carbocycles. The molecule has 0 saturated heterocycles. The summed E-state index contributed by atoms with van der Waals surface area (Å²) in [7, 11) is 0. The summed E-state index contributed by atoms with van der Waals surface area (Å²) in [4.78, 5) is 11.3. The van der Waals surface area contributed by atoms with Gasteiger partial charge in [-0.05, 0) is 53.4 Å². The Morgan fingerprint density at radius 2 is 2.17 bits per heavy atom. The van der Waals surface area contributed by atoms with Crippen LogP contribution in [0.3, 0.4) is 0 Å². The molecule has 0 heterocycles. The van der Waals surface area contributed by atoms with Crippen LogP contribution in [0.15, 0.2) is 11.6 Å². The van der Waals surface area contributed by atoms with Crippen molar-refractivity contribution in [2.45, 2.75) is 46.1 Å². The number of hydrogen-bond acceptors (Lipinski definition) is 3. The predicted molar refractivity (Wildman–Crippen MR) is 65.3 cm³/mol. The van der Waals surface area contributed by atoms with Gasteiger partial charge in [0.1, 0.15) is 0 Å². The molecule has 0 aromatic carbocycles. The van der Waals surface area contributed by atoms with Gasteiger partial charge >= 0.3 is 0 Å². The lowest BCUT2D eigenvalue weighted by Crippen LogP contribution is -2.35. The summed E-state index contributed by atoms with van der Waals surface area (Å²) in [6.07, 6.45) is 4.21. The van der Waals surface area contributed by atoms with Crippen molar-refractivity contribution >= 4 is 5.97 Å². The van der Waals surface area contributed by atoms with Crippen LogP contribution in [0.25, 0.3) is 0 Å². The smallest absolute Gasteiger partial charge is 0.0674 e. The van der Waals surface area contributed by atoms with E-state index in [4.69, 9.17) is 0 Å². The largest absolute Gasteiger partial charge is 0.545 e. The molecule has 18 heavy (non-hydrogen) atoms. The van der Waals surface area contributed by atoms with Gasteiger partial charge in [0.15, 0.2) is 0 Å². The van der Waals surface area contributed by atoms with Crippen LogP contribution >= 0.6 is 0 Å². The number of aliphatic carboxylic acids is 1. The third-order valence-electron chi connectivity index (χ3n) is 5.79. The molecule has 0 amide bonds. The molecular weight excluding hydrogens is 228 g/mol. The molecule has 2 fully saturated rings. The van der Waals surface area contributed by atoms with E-state index in [9.17, 15) is 15.0 Å². The van der Waals surface area contributed by atoms with Crippen LogP contribution in [-0.2, 0) is 4.79 Å². The number of carbonyl (C=O) groups is 1. The molecule has 0 aromatic rings. The van der Waals surface area contributed by atoms with Crippen LogP contribution in [-0.4, -0.2) is 17.2 Å². The lowest BCUT2D eigenvalue weighted by molar-refractivity contribution is -0.300. The Labute approximate surface area is 108 Å². The number of carboxylic acids is 1. The summed E-state index contributed by atoms with van der Waals surface area (Å²) >= 11 is 0. The number of aliphatic hydroxyl groups excluding tert-OH is 1. The third kappa shape index (κ3) is 1.31. The fourth-order valence-corrected chi connectivity index (χ4v) is 5.21. The molecule has 3 aliphatic rings. The Morgan fingerprint density at radius 1 is 1.50 bits per heavy atom. The maximum atomic E-state index is 11.3. The van der Waals surface area contributed by atoms with Crippen LogP contribution in [0.1, 0.15) is 40.0 Å². The highest BCUT2D eigenvalue weighted by Gasteiger charge is 2.65. The molecular formula is C15H21O3-. The maximum absolute atomic E-state index is 11.3. The normalized spacial score (nSPS) is 48.8. The highest BCUT2D eigenvalue weighted by atomic mass is 16.4. The second kappa shape index (κ2) is 3.38. The topological polar surface area (TPSA) is 60.4 Å². The van der Waals surface area contributed by atoms with Crippen molar-refractivity contribution in [3.63, 3.8) is 0 Å². The van der Waals surface area contributed by atoms with E-state index in [0.29, 0.717) is 17.9 Å². The van der Waals surface area contributed by atoms with E-state index in [1.807, 2.05) is 6.08 Å². The van der Waals surface area contributed by atoms with Crippen molar-refractivity contribution in [3.8, 4) is 0 Å². The van der Waals surface area contributed by atoms with Crippen LogP contribution < -0.4 is 5.11 Å². The number of allylic oxidation sites excluding steroid dienone is 1. The van der Waals surface area contributed by atoms with Crippen LogP contribution in [0.4, 0.5) is 0 Å². The van der Waals surface area contributed by atoms with Crippen molar-refractivity contribution in [2.75, 3.05) is 0 Å². The first-order valence-electron chi connectivity index (χ1n) is 6.89. The molecule has 3 heteroatoms. The zero-order chi connectivity index (χ0) is 13.3. The first-order chi connectivity index (χ1) is 8.28. The van der Waals surface area contributed by atoms with Gasteiger partial charge in [-0.25, -0.2) is 0 Å².